The standard InChI is InChI=1S/C11H19N3O4S/c1-11(2,3)18-10(15)14-7-8(5-12)6-13-9(14)19(4,16)17/h6-7,9H,5,12H2,1-4H3. The fourth-order valence-corrected chi connectivity index (χ4v) is 2.23. The lowest BCUT2D eigenvalue weighted by Gasteiger charge is -2.30. The molecule has 1 aliphatic heterocycles. The van der Waals surface area contributed by atoms with Crippen LogP contribution in [0.3, 0.4) is 0 Å². The van der Waals surface area contributed by atoms with Crippen LogP contribution in [0.4, 0.5) is 4.79 Å². The maximum Gasteiger partial charge on any atom is 0.416 e. The number of amides is 1. The first-order valence-electron chi connectivity index (χ1n) is 5.69. The molecule has 0 bridgehead atoms. The van der Waals surface area contributed by atoms with Crippen LogP contribution in [0.25, 0.3) is 0 Å². The molecule has 1 rings (SSSR count). The van der Waals surface area contributed by atoms with Gasteiger partial charge in [0.25, 0.3) is 0 Å². The van der Waals surface area contributed by atoms with Crippen LogP contribution in [0.2, 0.25) is 0 Å². The van der Waals surface area contributed by atoms with Crippen LogP contribution >= 0.6 is 0 Å². The second-order valence-electron chi connectivity index (χ2n) is 5.23. The Morgan fingerprint density at radius 1 is 1.53 bits per heavy atom. The van der Waals surface area contributed by atoms with E-state index in [0.717, 1.165) is 11.2 Å². The van der Waals surface area contributed by atoms with Gasteiger partial charge in [0, 0.05) is 30.8 Å². The number of carbonyl (C=O) groups is 1. The van der Waals surface area contributed by atoms with Crippen LogP contribution in [0.1, 0.15) is 20.8 Å². The highest BCUT2D eigenvalue weighted by Crippen LogP contribution is 2.19. The summed E-state index contributed by atoms with van der Waals surface area (Å²) in [4.78, 5) is 16.8. The Bertz CT molecular complexity index is 517. The van der Waals surface area contributed by atoms with Gasteiger partial charge in [0.1, 0.15) is 5.60 Å². The Kier molecular flexibility index (Phi) is 4.36. The average Bonchev–Trinajstić information content (AvgIpc) is 2.24. The number of nitrogens with two attached hydrogens (primary N) is 1. The number of ether oxygens (including phenoxy) is 1. The molecular formula is C11H19N3O4S. The maximum atomic E-state index is 12.0. The fourth-order valence-electron chi connectivity index (χ4n) is 1.39. The van der Waals surface area contributed by atoms with E-state index >= 15 is 0 Å². The number of rotatable bonds is 2. The predicted octanol–water partition coefficient (Wildman–Crippen LogP) is 0.479. The molecular weight excluding hydrogens is 270 g/mol. The van der Waals surface area contributed by atoms with Gasteiger partial charge in [-0.3, -0.25) is 4.99 Å². The monoisotopic (exact) mass is 289 g/mol. The topological polar surface area (TPSA) is 102 Å². The molecule has 0 spiro atoms. The first-order valence-corrected chi connectivity index (χ1v) is 7.64. The van der Waals surface area contributed by atoms with Crippen LogP contribution in [0, 0.1) is 0 Å². The van der Waals surface area contributed by atoms with Crippen molar-refractivity contribution in [1.82, 2.24) is 4.90 Å². The highest BCUT2D eigenvalue weighted by atomic mass is 32.2. The molecule has 2 N–H and O–H groups in total. The van der Waals surface area contributed by atoms with Crippen molar-refractivity contribution in [3.63, 3.8) is 0 Å². The minimum Gasteiger partial charge on any atom is -0.443 e. The molecule has 8 heteroatoms. The van der Waals surface area contributed by atoms with E-state index in [-0.39, 0.29) is 6.54 Å². The summed E-state index contributed by atoms with van der Waals surface area (Å²) in [7, 11) is -3.57. The summed E-state index contributed by atoms with van der Waals surface area (Å²) in [6.45, 7) is 5.24. The van der Waals surface area contributed by atoms with Crippen molar-refractivity contribution in [1.29, 1.82) is 0 Å². The smallest absolute Gasteiger partial charge is 0.416 e. The van der Waals surface area contributed by atoms with Gasteiger partial charge in [-0.25, -0.2) is 18.1 Å². The number of aliphatic imine (C=N–C) groups is 1. The first-order chi connectivity index (χ1) is 8.54. The number of hydrogen-bond donors (Lipinski definition) is 1. The minimum atomic E-state index is -3.57. The third-order valence-electron chi connectivity index (χ3n) is 2.13. The molecule has 0 aromatic rings. The summed E-state index contributed by atoms with van der Waals surface area (Å²) in [5, 5.41) is 0. The molecule has 0 radical (unpaired) electrons. The van der Waals surface area contributed by atoms with E-state index in [1.54, 1.807) is 20.8 Å². The summed E-state index contributed by atoms with van der Waals surface area (Å²) < 4.78 is 28.4. The molecule has 108 valence electrons. The summed E-state index contributed by atoms with van der Waals surface area (Å²) in [6.07, 6.45) is 2.94. The van der Waals surface area contributed by atoms with Gasteiger partial charge in [0.2, 0.25) is 5.50 Å². The molecule has 0 aliphatic carbocycles. The van der Waals surface area contributed by atoms with Gasteiger partial charge in [0.15, 0.2) is 9.84 Å². The van der Waals surface area contributed by atoms with Crippen LogP contribution in [0.15, 0.2) is 16.8 Å². The van der Waals surface area contributed by atoms with Gasteiger partial charge in [-0.05, 0) is 20.8 Å². The molecule has 1 unspecified atom stereocenters. The second kappa shape index (κ2) is 5.30. The molecule has 0 fully saturated rings. The molecule has 0 aromatic heterocycles. The molecule has 1 amide bonds. The van der Waals surface area contributed by atoms with Crippen LogP contribution in [-0.4, -0.2) is 49.5 Å². The molecule has 1 atom stereocenters. The Balaban J connectivity index is 3.07. The van der Waals surface area contributed by atoms with Crippen molar-refractivity contribution < 1.29 is 17.9 Å². The van der Waals surface area contributed by atoms with Crippen LogP contribution in [0.5, 0.6) is 0 Å². The van der Waals surface area contributed by atoms with E-state index in [1.807, 2.05) is 0 Å². The quantitative estimate of drug-likeness (QED) is 0.796. The summed E-state index contributed by atoms with van der Waals surface area (Å²) in [6, 6.07) is 0. The molecule has 1 heterocycles. The second-order valence-corrected chi connectivity index (χ2v) is 7.31. The third-order valence-corrected chi connectivity index (χ3v) is 3.25. The summed E-state index contributed by atoms with van der Waals surface area (Å²) in [5.41, 5.74) is 3.97. The molecule has 0 aromatic carbocycles. The summed E-state index contributed by atoms with van der Waals surface area (Å²) >= 11 is 0. The van der Waals surface area contributed by atoms with E-state index in [4.69, 9.17) is 10.5 Å². The van der Waals surface area contributed by atoms with Gasteiger partial charge in [0.05, 0.1) is 0 Å². The van der Waals surface area contributed by atoms with E-state index in [0.29, 0.717) is 5.57 Å². The molecule has 1 aliphatic rings. The number of nitrogens with zero attached hydrogens (tertiary/aromatic N) is 2. The number of carbonyl (C=O) groups excluding carboxylic acids is 1. The van der Waals surface area contributed by atoms with E-state index in [1.165, 1.54) is 12.4 Å². The van der Waals surface area contributed by atoms with E-state index in [2.05, 4.69) is 4.99 Å². The summed E-state index contributed by atoms with van der Waals surface area (Å²) in [5.74, 6) is 0. The van der Waals surface area contributed by atoms with Gasteiger partial charge in [-0.2, -0.15) is 0 Å². The van der Waals surface area contributed by atoms with Gasteiger partial charge in [-0.15, -0.1) is 0 Å². The van der Waals surface area contributed by atoms with Crippen molar-refractivity contribution in [2.24, 2.45) is 10.7 Å². The molecule has 19 heavy (non-hydrogen) atoms. The van der Waals surface area contributed by atoms with Gasteiger partial charge in [-0.1, -0.05) is 0 Å². The zero-order chi connectivity index (χ0) is 14.8. The molecule has 0 saturated carbocycles. The van der Waals surface area contributed by atoms with Crippen molar-refractivity contribution in [2.75, 3.05) is 12.8 Å². The molecule has 7 nitrogen and oxygen atoms in total. The lowest BCUT2D eigenvalue weighted by molar-refractivity contribution is 0.0314. The molecule has 0 saturated heterocycles. The zero-order valence-corrected chi connectivity index (χ0v) is 12.3. The Hall–Kier alpha value is -1.41. The van der Waals surface area contributed by atoms with Crippen molar-refractivity contribution in [3.8, 4) is 0 Å². The van der Waals surface area contributed by atoms with Crippen molar-refractivity contribution in [2.45, 2.75) is 31.9 Å². The lowest BCUT2D eigenvalue weighted by Crippen LogP contribution is -2.44. The highest BCUT2D eigenvalue weighted by Gasteiger charge is 2.34. The van der Waals surface area contributed by atoms with Crippen LogP contribution < -0.4 is 5.73 Å². The average molecular weight is 289 g/mol. The van der Waals surface area contributed by atoms with Crippen molar-refractivity contribution in [3.05, 3.63) is 11.8 Å². The SMILES string of the molecule is CC(C)(C)OC(=O)N1C=C(CN)C=NC1S(C)(=O)=O. The Labute approximate surface area is 113 Å². The Morgan fingerprint density at radius 2 is 2.11 bits per heavy atom. The number of hydrogen-bond acceptors (Lipinski definition) is 6. The largest absolute Gasteiger partial charge is 0.443 e. The van der Waals surface area contributed by atoms with Gasteiger partial charge >= 0.3 is 6.09 Å². The fraction of sp³-hybridized carbons (Fsp3) is 0.636. The van der Waals surface area contributed by atoms with Crippen LogP contribution in [-0.2, 0) is 14.6 Å². The van der Waals surface area contributed by atoms with Gasteiger partial charge < -0.3 is 10.5 Å². The lowest BCUT2D eigenvalue weighted by atomic mass is 10.2. The Morgan fingerprint density at radius 3 is 2.53 bits per heavy atom. The third kappa shape index (κ3) is 4.32. The highest BCUT2D eigenvalue weighted by molar-refractivity contribution is 7.91. The minimum absolute atomic E-state index is 0.152. The van der Waals surface area contributed by atoms with E-state index < -0.39 is 27.0 Å². The van der Waals surface area contributed by atoms with Crippen molar-refractivity contribution >= 4 is 22.1 Å². The number of sulfone groups is 1. The predicted molar refractivity (Wildman–Crippen MR) is 72.3 cm³/mol. The normalized spacial score (nSPS) is 20.2. The zero-order valence-electron chi connectivity index (χ0n) is 11.5. The maximum absolute atomic E-state index is 12.0. The first kappa shape index (κ1) is 15.6. The van der Waals surface area contributed by atoms with E-state index in [9.17, 15) is 13.2 Å².